The van der Waals surface area contributed by atoms with Crippen LogP contribution in [0.4, 0.5) is 5.69 Å². The molecule has 0 aliphatic rings. The third-order valence-corrected chi connectivity index (χ3v) is 7.98. The second-order valence-corrected chi connectivity index (χ2v) is 11.8. The third-order valence-electron chi connectivity index (χ3n) is 7.13. The van der Waals surface area contributed by atoms with Crippen LogP contribution < -0.4 is 24.1 Å². The van der Waals surface area contributed by atoms with Crippen molar-refractivity contribution in [3.8, 4) is 17.2 Å². The largest absolute Gasteiger partial charge is 0.493 e. The summed E-state index contributed by atoms with van der Waals surface area (Å²) in [5.41, 5.74) is 3.91. The Balaban J connectivity index is 1.33. The van der Waals surface area contributed by atoms with Gasteiger partial charge in [-0.1, -0.05) is 107 Å². The van der Waals surface area contributed by atoms with Crippen LogP contribution in [0.25, 0.3) is 0 Å². The normalized spacial score (nSPS) is 10.9. The number of ether oxygens (including phenoxy) is 3. The second-order valence-electron chi connectivity index (χ2n) is 10.7. The van der Waals surface area contributed by atoms with Gasteiger partial charge in [0.25, 0.3) is 5.91 Å². The van der Waals surface area contributed by atoms with Crippen molar-refractivity contribution in [2.45, 2.75) is 97.4 Å². The number of nitrogens with one attached hydrogen (secondary N) is 1. The van der Waals surface area contributed by atoms with E-state index in [0.29, 0.717) is 30.4 Å². The van der Waals surface area contributed by atoms with Gasteiger partial charge in [0.1, 0.15) is 5.75 Å². The molecule has 0 aliphatic heterocycles. The maximum atomic E-state index is 12.7. The molecule has 0 fully saturated rings. The van der Waals surface area contributed by atoms with Crippen molar-refractivity contribution in [2.75, 3.05) is 25.6 Å². The molecular weight excluding hydrogens is 532 g/mol. The summed E-state index contributed by atoms with van der Waals surface area (Å²) in [7, 11) is 1.62. The second kappa shape index (κ2) is 19.1. The lowest BCUT2D eigenvalue weighted by Crippen LogP contribution is -2.31. The highest BCUT2D eigenvalue weighted by atomic mass is 32.1. The first-order chi connectivity index (χ1) is 20.1. The molecular formula is C34H49N2O4S+. The number of unbranched alkanes of at least 4 members (excludes halogenated alkanes) is 11. The number of para-hydroxylation sites is 1. The molecule has 224 valence electrons. The Hall–Kier alpha value is -3.06. The predicted octanol–water partition coefficient (Wildman–Crippen LogP) is 8.50. The highest BCUT2D eigenvalue weighted by Gasteiger charge is 2.13. The first-order valence-corrected chi connectivity index (χ1v) is 16.2. The maximum Gasteiger partial charge on any atom is 0.262 e. The number of nitrogens with zero attached hydrogens (tertiary/aromatic N) is 1. The number of carbonyl (C=O) groups excluding carboxylic acids is 1. The Bertz CT molecular complexity index is 1160. The van der Waals surface area contributed by atoms with Gasteiger partial charge in [-0.05, 0) is 31.5 Å². The molecule has 0 aliphatic carbocycles. The number of methoxy groups -OCH3 is 1. The number of amides is 1. The number of benzene rings is 2. The highest BCUT2D eigenvalue weighted by molar-refractivity contribution is 7.09. The number of aryl methyl sites for hydroxylation is 1. The van der Waals surface area contributed by atoms with Crippen molar-refractivity contribution in [1.82, 2.24) is 0 Å². The predicted molar refractivity (Wildman–Crippen MR) is 168 cm³/mol. The first-order valence-electron chi connectivity index (χ1n) is 15.3. The molecule has 3 aromatic rings. The van der Waals surface area contributed by atoms with Gasteiger partial charge in [-0.2, -0.15) is 4.57 Å². The molecule has 0 atom stereocenters. The zero-order valence-electron chi connectivity index (χ0n) is 25.3. The molecule has 7 heteroatoms. The van der Waals surface area contributed by atoms with E-state index in [2.05, 4.69) is 35.4 Å². The molecule has 0 unspecified atom stereocenters. The molecule has 0 saturated carbocycles. The first kappa shape index (κ1) is 32.5. The molecule has 3 rings (SSSR count). The highest BCUT2D eigenvalue weighted by Crippen LogP contribution is 2.31. The van der Waals surface area contributed by atoms with E-state index in [1.54, 1.807) is 24.5 Å². The lowest BCUT2D eigenvalue weighted by Gasteiger charge is -2.13. The zero-order valence-corrected chi connectivity index (χ0v) is 26.1. The summed E-state index contributed by atoms with van der Waals surface area (Å²) >= 11 is 1.70. The van der Waals surface area contributed by atoms with Crippen LogP contribution in [0.1, 0.15) is 94.4 Å². The van der Waals surface area contributed by atoms with Crippen molar-refractivity contribution < 1.29 is 23.6 Å². The van der Waals surface area contributed by atoms with Gasteiger partial charge in [-0.3, -0.25) is 4.79 Å². The summed E-state index contributed by atoms with van der Waals surface area (Å²) in [6.45, 7) is 5.62. The molecule has 41 heavy (non-hydrogen) atoms. The molecule has 0 saturated heterocycles. The summed E-state index contributed by atoms with van der Waals surface area (Å²) < 4.78 is 19.4. The number of anilines is 1. The number of hydrogen-bond donors (Lipinski definition) is 1. The molecule has 0 radical (unpaired) electrons. The lowest BCUT2D eigenvalue weighted by molar-refractivity contribution is -0.683. The Morgan fingerprint density at radius 1 is 0.854 bits per heavy atom. The average molecular weight is 582 g/mol. The standard InChI is InChI=1S/C34H48N2O4S/c1-4-5-6-7-8-9-10-11-12-13-14-17-22-39-32-21-20-30(23-33(32)38-3)40-26-34(37)35-31-19-16-15-18-29(31)25-36-24-28(2)41-27-36/h15-16,18-21,23-24,27H,4-14,17,22,25-26H2,1-3H3/p+1. The van der Waals surface area contributed by atoms with Crippen LogP contribution in [0.5, 0.6) is 17.2 Å². The van der Waals surface area contributed by atoms with E-state index in [-0.39, 0.29) is 12.5 Å². The SMILES string of the molecule is CCCCCCCCCCCCCCOc1ccc(OCC(=O)Nc2ccccc2C[n+]2csc(C)c2)cc1OC. The van der Waals surface area contributed by atoms with Crippen LogP contribution in [0.15, 0.2) is 54.2 Å². The summed E-state index contributed by atoms with van der Waals surface area (Å²) in [4.78, 5) is 13.9. The minimum atomic E-state index is -0.213. The number of rotatable bonds is 21. The van der Waals surface area contributed by atoms with Crippen molar-refractivity contribution in [2.24, 2.45) is 0 Å². The van der Waals surface area contributed by atoms with Crippen LogP contribution in [0.3, 0.4) is 0 Å². The summed E-state index contributed by atoms with van der Waals surface area (Å²) in [6.07, 6.45) is 17.9. The monoisotopic (exact) mass is 581 g/mol. The maximum absolute atomic E-state index is 12.7. The molecule has 6 nitrogen and oxygen atoms in total. The summed E-state index contributed by atoms with van der Waals surface area (Å²) in [5, 5.41) is 2.99. The molecule has 1 heterocycles. The molecule has 2 aromatic carbocycles. The zero-order chi connectivity index (χ0) is 29.1. The smallest absolute Gasteiger partial charge is 0.262 e. The van der Waals surface area contributed by atoms with Gasteiger partial charge in [0, 0.05) is 11.6 Å². The number of thiazole rings is 1. The minimum Gasteiger partial charge on any atom is -0.493 e. The van der Waals surface area contributed by atoms with Crippen molar-refractivity contribution in [3.05, 3.63) is 64.6 Å². The van der Waals surface area contributed by atoms with Gasteiger partial charge in [-0.25, -0.2) is 0 Å². The fourth-order valence-electron chi connectivity index (χ4n) is 4.82. The molecule has 1 aromatic heterocycles. The quantitative estimate of drug-likeness (QED) is 0.101. The average Bonchev–Trinajstić information content (AvgIpc) is 3.40. The molecule has 0 bridgehead atoms. The van der Waals surface area contributed by atoms with E-state index in [4.69, 9.17) is 14.2 Å². The van der Waals surface area contributed by atoms with E-state index in [9.17, 15) is 4.79 Å². The molecule has 1 N–H and O–H groups in total. The van der Waals surface area contributed by atoms with E-state index >= 15 is 0 Å². The van der Waals surface area contributed by atoms with Crippen LogP contribution in [0.2, 0.25) is 0 Å². The van der Waals surface area contributed by atoms with Gasteiger partial charge in [0.15, 0.2) is 30.8 Å². The van der Waals surface area contributed by atoms with Crippen molar-refractivity contribution in [1.29, 1.82) is 0 Å². The topological polar surface area (TPSA) is 60.7 Å². The van der Waals surface area contributed by atoms with Crippen molar-refractivity contribution in [3.63, 3.8) is 0 Å². The molecule has 0 spiro atoms. The number of hydrogen-bond acceptors (Lipinski definition) is 5. The Morgan fingerprint density at radius 2 is 1.54 bits per heavy atom. The van der Waals surface area contributed by atoms with E-state index < -0.39 is 0 Å². The Kier molecular flexibility index (Phi) is 15.1. The van der Waals surface area contributed by atoms with Gasteiger partial charge < -0.3 is 19.5 Å². The molecule has 1 amide bonds. The van der Waals surface area contributed by atoms with Gasteiger partial charge >= 0.3 is 0 Å². The van der Waals surface area contributed by atoms with Crippen LogP contribution in [0, 0.1) is 6.92 Å². The van der Waals surface area contributed by atoms with E-state index in [1.165, 1.54) is 75.5 Å². The number of carbonyl (C=O) groups is 1. The fraction of sp³-hybridized carbons (Fsp3) is 0.529. The van der Waals surface area contributed by atoms with Crippen LogP contribution in [-0.2, 0) is 11.3 Å². The van der Waals surface area contributed by atoms with E-state index in [1.807, 2.05) is 36.4 Å². The lowest BCUT2D eigenvalue weighted by atomic mass is 10.1. The third kappa shape index (κ3) is 12.6. The van der Waals surface area contributed by atoms with Gasteiger partial charge in [-0.15, -0.1) is 0 Å². The number of aromatic nitrogens is 1. The Morgan fingerprint density at radius 3 is 2.20 bits per heavy atom. The summed E-state index contributed by atoms with van der Waals surface area (Å²) in [5.74, 6) is 1.65. The van der Waals surface area contributed by atoms with Gasteiger partial charge in [0.2, 0.25) is 5.51 Å². The summed E-state index contributed by atoms with van der Waals surface area (Å²) in [6, 6.07) is 13.3. The fourth-order valence-corrected chi connectivity index (χ4v) is 5.46. The van der Waals surface area contributed by atoms with E-state index in [0.717, 1.165) is 17.7 Å². The Labute approximate surface area is 251 Å². The minimum absolute atomic E-state index is 0.0960. The van der Waals surface area contributed by atoms with Crippen LogP contribution >= 0.6 is 11.3 Å². The van der Waals surface area contributed by atoms with Crippen LogP contribution in [-0.4, -0.2) is 26.2 Å². The van der Waals surface area contributed by atoms with Gasteiger partial charge in [0.05, 0.1) is 24.3 Å². The van der Waals surface area contributed by atoms with Crippen molar-refractivity contribution >= 4 is 22.9 Å².